The van der Waals surface area contributed by atoms with Gasteiger partial charge < -0.3 is 5.32 Å². The van der Waals surface area contributed by atoms with Gasteiger partial charge in [0.05, 0.1) is 11.4 Å². The molecular weight excluding hydrogens is 342 g/mol. The van der Waals surface area contributed by atoms with Crippen LogP contribution in [-0.2, 0) is 17.8 Å². The van der Waals surface area contributed by atoms with Crippen molar-refractivity contribution in [2.75, 3.05) is 5.32 Å². The first kappa shape index (κ1) is 15.5. The first-order valence-electron chi connectivity index (χ1n) is 7.59. The molecule has 1 aliphatic heterocycles. The van der Waals surface area contributed by atoms with Crippen molar-refractivity contribution in [3.05, 3.63) is 58.6 Å². The Labute approximate surface area is 147 Å². The van der Waals surface area contributed by atoms with E-state index >= 15 is 0 Å². The monoisotopic (exact) mass is 353 g/mol. The standard InChI is InChI=1S/C17H12ClN5O2/c18-13-4-2-1-3-12(13)17-20-22-23(21-17)9-15(24)10-5-6-14-11(7-10)8-16(25)19-14/h1-7H,8-9H2,(H,19,25). The minimum absolute atomic E-state index is 0.0440. The van der Waals surface area contributed by atoms with Crippen LogP contribution in [0.25, 0.3) is 11.4 Å². The molecule has 7 nitrogen and oxygen atoms in total. The molecule has 3 aromatic rings. The molecule has 1 amide bonds. The number of carbonyl (C=O) groups excluding carboxylic acids is 2. The molecule has 0 fully saturated rings. The molecule has 1 N–H and O–H groups in total. The lowest BCUT2D eigenvalue weighted by atomic mass is 10.1. The molecule has 2 heterocycles. The number of ketones is 1. The number of hydrogen-bond acceptors (Lipinski definition) is 5. The Morgan fingerprint density at radius 1 is 1.24 bits per heavy atom. The molecule has 0 atom stereocenters. The fraction of sp³-hybridized carbons (Fsp3) is 0.118. The summed E-state index contributed by atoms with van der Waals surface area (Å²) in [5.74, 6) is 0.134. The average Bonchev–Trinajstić information content (AvgIpc) is 3.19. The van der Waals surface area contributed by atoms with Gasteiger partial charge in [0.1, 0.15) is 6.54 Å². The highest BCUT2D eigenvalue weighted by molar-refractivity contribution is 6.33. The van der Waals surface area contributed by atoms with Crippen LogP contribution >= 0.6 is 11.6 Å². The molecule has 2 aromatic carbocycles. The zero-order valence-electron chi connectivity index (χ0n) is 12.9. The first-order chi connectivity index (χ1) is 12.1. The number of anilines is 1. The quantitative estimate of drug-likeness (QED) is 0.727. The van der Waals surface area contributed by atoms with Crippen molar-refractivity contribution >= 4 is 29.0 Å². The van der Waals surface area contributed by atoms with Crippen molar-refractivity contribution in [2.45, 2.75) is 13.0 Å². The lowest BCUT2D eigenvalue weighted by Gasteiger charge is -2.03. The molecule has 0 unspecified atom stereocenters. The van der Waals surface area contributed by atoms with Gasteiger partial charge in [-0.25, -0.2) is 0 Å². The number of amides is 1. The molecular formula is C17H12ClN5O2. The number of hydrogen-bond donors (Lipinski definition) is 1. The zero-order chi connectivity index (χ0) is 17.4. The number of tetrazole rings is 1. The Morgan fingerprint density at radius 2 is 2.08 bits per heavy atom. The van der Waals surface area contributed by atoms with Crippen LogP contribution in [0.4, 0.5) is 5.69 Å². The summed E-state index contributed by atoms with van der Waals surface area (Å²) >= 11 is 6.12. The van der Waals surface area contributed by atoms with Crippen LogP contribution in [0.5, 0.6) is 0 Å². The molecule has 25 heavy (non-hydrogen) atoms. The summed E-state index contributed by atoms with van der Waals surface area (Å²) in [6.07, 6.45) is 0.286. The number of carbonyl (C=O) groups is 2. The van der Waals surface area contributed by atoms with Crippen molar-refractivity contribution in [2.24, 2.45) is 0 Å². The number of halogens is 1. The molecule has 4 rings (SSSR count). The number of nitrogens with zero attached hydrogens (tertiary/aromatic N) is 4. The highest BCUT2D eigenvalue weighted by atomic mass is 35.5. The number of Topliss-reactive ketones (excluding diaryl/α,β-unsaturated/α-hetero) is 1. The van der Waals surface area contributed by atoms with Gasteiger partial charge in [-0.1, -0.05) is 23.7 Å². The normalized spacial score (nSPS) is 12.8. The SMILES string of the molecule is O=C1Cc2cc(C(=O)Cn3nnc(-c4ccccc4Cl)n3)ccc2N1. The number of benzene rings is 2. The molecule has 1 aliphatic rings. The third kappa shape index (κ3) is 3.01. The Balaban J connectivity index is 1.53. The van der Waals surface area contributed by atoms with Gasteiger partial charge in [0, 0.05) is 16.8 Å². The molecule has 0 saturated carbocycles. The topological polar surface area (TPSA) is 89.8 Å². The third-order valence-electron chi connectivity index (χ3n) is 3.90. The first-order valence-corrected chi connectivity index (χ1v) is 7.96. The molecule has 8 heteroatoms. The second kappa shape index (κ2) is 6.10. The molecule has 0 radical (unpaired) electrons. The van der Waals surface area contributed by atoms with Crippen molar-refractivity contribution < 1.29 is 9.59 Å². The minimum atomic E-state index is -0.162. The Bertz CT molecular complexity index is 998. The van der Waals surface area contributed by atoms with Crippen LogP contribution in [0, 0.1) is 0 Å². The van der Waals surface area contributed by atoms with Gasteiger partial charge in [0.2, 0.25) is 11.7 Å². The third-order valence-corrected chi connectivity index (χ3v) is 4.23. The molecule has 0 bridgehead atoms. The summed E-state index contributed by atoms with van der Waals surface area (Å²) in [5, 5.41) is 15.3. The second-order valence-corrected chi connectivity index (χ2v) is 6.05. The molecule has 124 valence electrons. The van der Waals surface area contributed by atoms with Gasteiger partial charge in [-0.05, 0) is 41.1 Å². The van der Waals surface area contributed by atoms with E-state index in [1.165, 1.54) is 4.80 Å². The van der Waals surface area contributed by atoms with Crippen LogP contribution in [-0.4, -0.2) is 31.9 Å². The van der Waals surface area contributed by atoms with E-state index in [4.69, 9.17) is 11.6 Å². The molecule has 1 aromatic heterocycles. The van der Waals surface area contributed by atoms with Crippen LogP contribution in [0.2, 0.25) is 5.02 Å². The van der Waals surface area contributed by atoms with Gasteiger partial charge in [0.15, 0.2) is 5.78 Å². The second-order valence-electron chi connectivity index (χ2n) is 5.64. The Hall–Kier alpha value is -3.06. The van der Waals surface area contributed by atoms with Gasteiger partial charge >= 0.3 is 0 Å². The largest absolute Gasteiger partial charge is 0.326 e. The average molecular weight is 354 g/mol. The van der Waals surface area contributed by atoms with E-state index in [-0.39, 0.29) is 24.7 Å². The predicted molar refractivity (Wildman–Crippen MR) is 91.4 cm³/mol. The predicted octanol–water partition coefficient (Wildman–Crippen LogP) is 2.37. The van der Waals surface area contributed by atoms with E-state index in [1.807, 2.05) is 12.1 Å². The van der Waals surface area contributed by atoms with Crippen LogP contribution < -0.4 is 5.32 Å². The van der Waals surface area contributed by atoms with Gasteiger partial charge in [-0.3, -0.25) is 9.59 Å². The summed E-state index contributed by atoms with van der Waals surface area (Å²) < 4.78 is 0. The maximum absolute atomic E-state index is 12.4. The van der Waals surface area contributed by atoms with E-state index in [0.717, 1.165) is 11.3 Å². The van der Waals surface area contributed by atoms with Crippen molar-refractivity contribution in [3.8, 4) is 11.4 Å². The number of aromatic nitrogens is 4. The van der Waals surface area contributed by atoms with Gasteiger partial charge in [-0.2, -0.15) is 4.80 Å². The lowest BCUT2D eigenvalue weighted by molar-refractivity contribution is -0.115. The van der Waals surface area contributed by atoms with Gasteiger partial charge in [0.25, 0.3) is 0 Å². The summed E-state index contributed by atoms with van der Waals surface area (Å²) in [7, 11) is 0. The number of fused-ring (bicyclic) bond motifs is 1. The maximum Gasteiger partial charge on any atom is 0.228 e. The summed E-state index contributed by atoms with van der Waals surface area (Å²) in [6, 6.07) is 12.3. The van der Waals surface area contributed by atoms with Gasteiger partial charge in [-0.15, -0.1) is 10.2 Å². The number of rotatable bonds is 4. The van der Waals surface area contributed by atoms with Crippen LogP contribution in [0.3, 0.4) is 0 Å². The highest BCUT2D eigenvalue weighted by Gasteiger charge is 2.20. The minimum Gasteiger partial charge on any atom is -0.326 e. The van der Waals surface area contributed by atoms with E-state index in [2.05, 4.69) is 20.7 Å². The van der Waals surface area contributed by atoms with E-state index in [9.17, 15) is 9.59 Å². The zero-order valence-corrected chi connectivity index (χ0v) is 13.7. The smallest absolute Gasteiger partial charge is 0.228 e. The highest BCUT2D eigenvalue weighted by Crippen LogP contribution is 2.25. The van der Waals surface area contributed by atoms with E-state index in [0.29, 0.717) is 22.0 Å². The fourth-order valence-corrected chi connectivity index (χ4v) is 2.90. The number of nitrogens with one attached hydrogen (secondary N) is 1. The fourth-order valence-electron chi connectivity index (χ4n) is 2.68. The summed E-state index contributed by atoms with van der Waals surface area (Å²) in [6.45, 7) is -0.0440. The lowest BCUT2D eigenvalue weighted by Crippen LogP contribution is -2.13. The maximum atomic E-state index is 12.4. The van der Waals surface area contributed by atoms with E-state index < -0.39 is 0 Å². The molecule has 0 saturated heterocycles. The summed E-state index contributed by atoms with van der Waals surface area (Å²) in [4.78, 5) is 25.1. The molecule has 0 aliphatic carbocycles. The summed E-state index contributed by atoms with van der Waals surface area (Å²) in [5.41, 5.74) is 2.73. The Morgan fingerprint density at radius 3 is 2.92 bits per heavy atom. The Kier molecular flexibility index (Phi) is 3.77. The van der Waals surface area contributed by atoms with E-state index in [1.54, 1.807) is 30.3 Å². The molecule has 0 spiro atoms. The van der Waals surface area contributed by atoms with Crippen molar-refractivity contribution in [1.82, 2.24) is 20.2 Å². The van der Waals surface area contributed by atoms with Crippen molar-refractivity contribution in [1.29, 1.82) is 0 Å². The van der Waals surface area contributed by atoms with Crippen molar-refractivity contribution in [3.63, 3.8) is 0 Å². The van der Waals surface area contributed by atoms with Crippen LogP contribution in [0.15, 0.2) is 42.5 Å². The van der Waals surface area contributed by atoms with Crippen LogP contribution in [0.1, 0.15) is 15.9 Å².